The van der Waals surface area contributed by atoms with Gasteiger partial charge < -0.3 is 0 Å². The summed E-state index contributed by atoms with van der Waals surface area (Å²) in [7, 11) is 0. The van der Waals surface area contributed by atoms with Gasteiger partial charge in [-0.1, -0.05) is 13.8 Å². The van der Waals surface area contributed by atoms with Crippen molar-refractivity contribution < 1.29 is 9.59 Å². The summed E-state index contributed by atoms with van der Waals surface area (Å²) in [4.78, 5) is 24.1. The smallest absolute Gasteiger partial charge is 0.133 e. The van der Waals surface area contributed by atoms with Crippen LogP contribution in [0.15, 0.2) is 0 Å². The molecule has 0 spiro atoms. The maximum atomic E-state index is 12.2. The second-order valence-corrected chi connectivity index (χ2v) is 9.68. The highest BCUT2D eigenvalue weighted by molar-refractivity contribution is 5.80. The van der Waals surface area contributed by atoms with E-state index in [9.17, 15) is 9.59 Å². The quantitative estimate of drug-likeness (QED) is 0.696. The minimum atomic E-state index is 0.265. The lowest BCUT2D eigenvalue weighted by Gasteiger charge is -2.60. The van der Waals surface area contributed by atoms with E-state index >= 15 is 0 Å². The second kappa shape index (κ2) is 5.17. The highest BCUT2D eigenvalue weighted by atomic mass is 16.1. The maximum Gasteiger partial charge on any atom is 0.133 e. The zero-order chi connectivity index (χ0) is 16.4. The van der Waals surface area contributed by atoms with E-state index in [2.05, 4.69) is 13.8 Å². The van der Waals surface area contributed by atoms with Gasteiger partial charge in [0.1, 0.15) is 11.6 Å². The summed E-state index contributed by atoms with van der Waals surface area (Å²) in [6.45, 7) is 6.74. The van der Waals surface area contributed by atoms with Crippen LogP contribution < -0.4 is 0 Å². The SMILES string of the molecule is CC(=O)[C@@H]1CC[C@@H]2[C@@H]3CC[C@H]4CC(=O)CC[C@]4(C)[C@@H]3CC[C@]21C. The van der Waals surface area contributed by atoms with Gasteiger partial charge in [0.05, 0.1) is 0 Å². The summed E-state index contributed by atoms with van der Waals surface area (Å²) in [6.07, 6.45) is 10.3. The molecule has 0 aromatic heterocycles. The Balaban J connectivity index is 1.63. The van der Waals surface area contributed by atoms with Crippen molar-refractivity contribution in [1.29, 1.82) is 0 Å². The van der Waals surface area contributed by atoms with Crippen molar-refractivity contribution in [3.8, 4) is 0 Å². The van der Waals surface area contributed by atoms with E-state index in [1.165, 1.54) is 32.1 Å². The van der Waals surface area contributed by atoms with Gasteiger partial charge in [-0.05, 0) is 86.4 Å². The van der Waals surface area contributed by atoms with Crippen LogP contribution in [0, 0.1) is 40.4 Å². The fraction of sp³-hybridized carbons (Fsp3) is 0.905. The van der Waals surface area contributed by atoms with Crippen LogP contribution >= 0.6 is 0 Å². The summed E-state index contributed by atoms with van der Waals surface area (Å²) in [5, 5.41) is 0. The van der Waals surface area contributed by atoms with Crippen LogP contribution in [0.25, 0.3) is 0 Å². The Morgan fingerprint density at radius 2 is 1.70 bits per heavy atom. The summed E-state index contributed by atoms with van der Waals surface area (Å²) in [5.41, 5.74) is 0.660. The molecular formula is C21H32O2. The van der Waals surface area contributed by atoms with Gasteiger partial charge in [0.15, 0.2) is 0 Å². The zero-order valence-corrected chi connectivity index (χ0v) is 15.1. The van der Waals surface area contributed by atoms with E-state index in [1.54, 1.807) is 0 Å². The third-order valence-electron chi connectivity index (χ3n) is 8.97. The predicted octanol–water partition coefficient (Wildman–Crippen LogP) is 4.80. The Kier molecular flexibility index (Phi) is 3.56. The first-order chi connectivity index (χ1) is 10.9. The third-order valence-corrected chi connectivity index (χ3v) is 8.97. The number of rotatable bonds is 1. The largest absolute Gasteiger partial charge is 0.300 e. The highest BCUT2D eigenvalue weighted by Crippen LogP contribution is 2.67. The molecule has 0 bridgehead atoms. The molecule has 0 radical (unpaired) electrons. The standard InChI is InChI=1S/C21H32O2/c1-13(22)17-6-7-18-16-5-4-14-12-15(23)8-10-20(14,2)19(16)9-11-21(17,18)3/h14,16-19H,4-12H2,1-3H3/t14-,16-,17-,18+,19+,20-,21-/m0/s1. The number of carbonyl (C=O) groups is 2. The summed E-state index contributed by atoms with van der Waals surface area (Å²) in [6, 6.07) is 0. The first-order valence-electron chi connectivity index (χ1n) is 9.88. The van der Waals surface area contributed by atoms with Crippen molar-refractivity contribution in [3.05, 3.63) is 0 Å². The van der Waals surface area contributed by atoms with Crippen LogP contribution in [-0.2, 0) is 9.59 Å². The molecule has 4 saturated carbocycles. The Morgan fingerprint density at radius 3 is 2.43 bits per heavy atom. The molecule has 0 amide bonds. The molecule has 4 fully saturated rings. The van der Waals surface area contributed by atoms with Gasteiger partial charge in [0.2, 0.25) is 0 Å². The van der Waals surface area contributed by atoms with Gasteiger partial charge in [-0.3, -0.25) is 9.59 Å². The van der Waals surface area contributed by atoms with Crippen LogP contribution in [0.4, 0.5) is 0 Å². The molecule has 0 aromatic rings. The van der Waals surface area contributed by atoms with E-state index in [4.69, 9.17) is 0 Å². The van der Waals surface area contributed by atoms with Crippen molar-refractivity contribution in [3.63, 3.8) is 0 Å². The normalized spacial score (nSPS) is 52.5. The highest BCUT2D eigenvalue weighted by Gasteiger charge is 2.60. The molecule has 7 atom stereocenters. The molecule has 0 N–H and O–H groups in total. The molecule has 0 unspecified atom stereocenters. The first-order valence-corrected chi connectivity index (χ1v) is 9.88. The average molecular weight is 316 g/mol. The fourth-order valence-corrected chi connectivity index (χ4v) is 7.71. The number of fused-ring (bicyclic) bond motifs is 5. The summed E-state index contributed by atoms with van der Waals surface area (Å²) < 4.78 is 0. The topological polar surface area (TPSA) is 34.1 Å². The first kappa shape index (κ1) is 15.8. The molecule has 4 aliphatic carbocycles. The Labute approximate surface area is 140 Å². The van der Waals surface area contributed by atoms with Gasteiger partial charge in [0.25, 0.3) is 0 Å². The van der Waals surface area contributed by atoms with Crippen LogP contribution in [-0.4, -0.2) is 11.6 Å². The minimum absolute atomic E-state index is 0.265. The second-order valence-electron chi connectivity index (χ2n) is 9.68. The molecule has 0 heterocycles. The van der Waals surface area contributed by atoms with E-state index < -0.39 is 0 Å². The molecule has 4 rings (SSSR count). The summed E-state index contributed by atoms with van der Waals surface area (Å²) in [5.74, 6) is 4.25. The minimum Gasteiger partial charge on any atom is -0.300 e. The Morgan fingerprint density at radius 1 is 0.957 bits per heavy atom. The van der Waals surface area contributed by atoms with Gasteiger partial charge in [-0.2, -0.15) is 0 Å². The Bertz CT molecular complexity index is 538. The zero-order valence-electron chi connectivity index (χ0n) is 15.1. The molecule has 2 heteroatoms. The lowest BCUT2D eigenvalue weighted by Crippen LogP contribution is -2.53. The van der Waals surface area contributed by atoms with Gasteiger partial charge in [-0.15, -0.1) is 0 Å². The fourth-order valence-electron chi connectivity index (χ4n) is 7.71. The van der Waals surface area contributed by atoms with E-state index in [1.807, 2.05) is 6.92 Å². The Hall–Kier alpha value is -0.660. The number of Topliss-reactive ketones (excluding diaryl/α,β-unsaturated/α-hetero) is 2. The van der Waals surface area contributed by atoms with Crippen LogP contribution in [0.2, 0.25) is 0 Å². The van der Waals surface area contributed by atoms with Gasteiger partial charge in [-0.25, -0.2) is 0 Å². The molecule has 4 aliphatic rings. The van der Waals surface area contributed by atoms with Crippen molar-refractivity contribution in [1.82, 2.24) is 0 Å². The van der Waals surface area contributed by atoms with Gasteiger partial charge >= 0.3 is 0 Å². The average Bonchev–Trinajstić information content (AvgIpc) is 2.85. The molecule has 2 nitrogen and oxygen atoms in total. The third kappa shape index (κ3) is 2.12. The number of carbonyl (C=O) groups excluding carboxylic acids is 2. The molecule has 0 saturated heterocycles. The monoisotopic (exact) mass is 316 g/mol. The van der Waals surface area contributed by atoms with E-state index in [0.717, 1.165) is 43.4 Å². The van der Waals surface area contributed by atoms with Crippen LogP contribution in [0.3, 0.4) is 0 Å². The molecular weight excluding hydrogens is 284 g/mol. The number of hydrogen-bond acceptors (Lipinski definition) is 2. The molecule has 23 heavy (non-hydrogen) atoms. The van der Waals surface area contributed by atoms with Crippen molar-refractivity contribution in [2.24, 2.45) is 40.4 Å². The lowest BCUT2D eigenvalue weighted by molar-refractivity contribution is -0.143. The van der Waals surface area contributed by atoms with Crippen molar-refractivity contribution in [2.45, 2.75) is 78.6 Å². The number of hydrogen-bond donors (Lipinski definition) is 0. The lowest BCUT2D eigenvalue weighted by atomic mass is 9.44. The molecule has 0 aromatic carbocycles. The van der Waals surface area contributed by atoms with E-state index in [0.29, 0.717) is 28.8 Å². The number of ketones is 2. The van der Waals surface area contributed by atoms with Crippen molar-refractivity contribution in [2.75, 3.05) is 0 Å². The van der Waals surface area contributed by atoms with Crippen LogP contribution in [0.1, 0.15) is 78.6 Å². The molecule has 128 valence electrons. The van der Waals surface area contributed by atoms with Gasteiger partial charge in [0, 0.05) is 18.8 Å². The molecule has 0 aliphatic heterocycles. The van der Waals surface area contributed by atoms with E-state index in [-0.39, 0.29) is 5.41 Å². The van der Waals surface area contributed by atoms with Crippen molar-refractivity contribution >= 4 is 11.6 Å². The maximum absolute atomic E-state index is 12.2. The van der Waals surface area contributed by atoms with Crippen LogP contribution in [0.5, 0.6) is 0 Å². The summed E-state index contributed by atoms with van der Waals surface area (Å²) >= 11 is 0. The predicted molar refractivity (Wildman–Crippen MR) is 90.9 cm³/mol.